The first kappa shape index (κ1) is 22.5. The lowest BCUT2D eigenvalue weighted by molar-refractivity contribution is 0.0997. The zero-order chi connectivity index (χ0) is 22.9. The van der Waals surface area contributed by atoms with Crippen molar-refractivity contribution in [2.75, 3.05) is 27.3 Å². The normalized spacial score (nSPS) is 15.4. The first-order valence-electron chi connectivity index (χ1n) is 10.3. The second-order valence-corrected chi connectivity index (χ2v) is 10.3. The molecule has 10 heteroatoms. The molecule has 2 aromatic carbocycles. The predicted molar refractivity (Wildman–Crippen MR) is 123 cm³/mol. The Labute approximate surface area is 190 Å². The molecule has 0 N–H and O–H groups in total. The maximum absolute atomic E-state index is 12.9. The third kappa shape index (κ3) is 4.05. The molecule has 1 aliphatic rings. The number of benzene rings is 2. The molecule has 32 heavy (non-hydrogen) atoms. The first-order valence-corrected chi connectivity index (χ1v) is 12.6. The van der Waals surface area contributed by atoms with Crippen LogP contribution in [-0.4, -0.2) is 50.5 Å². The van der Waals surface area contributed by atoms with E-state index in [0.29, 0.717) is 41.5 Å². The fourth-order valence-electron chi connectivity index (χ4n) is 3.80. The largest absolute Gasteiger partial charge is 0.497 e. The highest BCUT2D eigenvalue weighted by Gasteiger charge is 2.27. The molecular weight excluding hydrogens is 450 g/mol. The number of aromatic nitrogens is 1. The molecule has 8 nitrogen and oxygen atoms in total. The maximum atomic E-state index is 12.9. The summed E-state index contributed by atoms with van der Waals surface area (Å²) in [6.45, 7) is 3.64. The van der Waals surface area contributed by atoms with E-state index in [0.717, 1.165) is 23.1 Å². The van der Waals surface area contributed by atoms with Gasteiger partial charge in [-0.2, -0.15) is 9.30 Å². The van der Waals surface area contributed by atoms with E-state index in [2.05, 4.69) is 4.99 Å². The molecule has 0 unspecified atom stereocenters. The standard InChI is InChI=1S/C22H25N3O5S2/c1-4-25-20-18(30-3)13-16(29-2)14-19(20)31-22(25)23-21(26)15-7-9-17(10-8-15)32(27,28)24-11-5-6-12-24/h7-10,13-14H,4-6,11-12H2,1-3H3. The minimum atomic E-state index is -3.52. The molecule has 0 radical (unpaired) electrons. The van der Waals surface area contributed by atoms with Crippen LogP contribution in [0.15, 0.2) is 46.3 Å². The summed E-state index contributed by atoms with van der Waals surface area (Å²) < 4.78 is 40.5. The number of rotatable bonds is 6. The van der Waals surface area contributed by atoms with Crippen molar-refractivity contribution < 1.29 is 22.7 Å². The zero-order valence-electron chi connectivity index (χ0n) is 18.2. The number of nitrogens with zero attached hydrogens (tertiary/aromatic N) is 3. The molecule has 0 atom stereocenters. The maximum Gasteiger partial charge on any atom is 0.279 e. The summed E-state index contributed by atoms with van der Waals surface area (Å²) in [5.41, 5.74) is 1.18. The van der Waals surface area contributed by atoms with Crippen molar-refractivity contribution >= 4 is 37.5 Å². The Morgan fingerprint density at radius 2 is 1.78 bits per heavy atom. The number of hydrogen-bond acceptors (Lipinski definition) is 6. The SMILES string of the molecule is CCn1c(=NC(=O)c2ccc(S(=O)(=O)N3CCCC3)cc2)sc2cc(OC)cc(OC)c21. The van der Waals surface area contributed by atoms with Crippen molar-refractivity contribution in [1.29, 1.82) is 0 Å². The molecule has 4 rings (SSSR count). The van der Waals surface area contributed by atoms with Gasteiger partial charge < -0.3 is 14.0 Å². The Morgan fingerprint density at radius 3 is 2.38 bits per heavy atom. The lowest BCUT2D eigenvalue weighted by Crippen LogP contribution is -2.27. The molecule has 170 valence electrons. The third-order valence-electron chi connectivity index (χ3n) is 5.49. The molecule has 1 aromatic heterocycles. The topological polar surface area (TPSA) is 90.2 Å². The molecule has 0 bridgehead atoms. The van der Waals surface area contributed by atoms with E-state index in [9.17, 15) is 13.2 Å². The van der Waals surface area contributed by atoms with Gasteiger partial charge in [0.2, 0.25) is 10.0 Å². The number of thiazole rings is 1. The van der Waals surface area contributed by atoms with Gasteiger partial charge in [0.05, 0.1) is 23.8 Å². The number of amides is 1. The Bertz CT molecular complexity index is 1320. The van der Waals surface area contributed by atoms with Crippen molar-refractivity contribution in [1.82, 2.24) is 8.87 Å². The highest BCUT2D eigenvalue weighted by Crippen LogP contribution is 2.32. The number of methoxy groups -OCH3 is 2. The fraction of sp³-hybridized carbons (Fsp3) is 0.364. The second-order valence-electron chi connectivity index (χ2n) is 7.36. The van der Waals surface area contributed by atoms with Crippen LogP contribution in [0.25, 0.3) is 10.2 Å². The number of fused-ring (bicyclic) bond motifs is 1. The Hall–Kier alpha value is -2.69. The van der Waals surface area contributed by atoms with E-state index in [-0.39, 0.29) is 4.90 Å². The molecule has 0 spiro atoms. The van der Waals surface area contributed by atoms with Gasteiger partial charge in [-0.1, -0.05) is 11.3 Å². The van der Waals surface area contributed by atoms with Gasteiger partial charge in [0.25, 0.3) is 5.91 Å². The van der Waals surface area contributed by atoms with Crippen LogP contribution in [0.2, 0.25) is 0 Å². The molecule has 1 fully saturated rings. The van der Waals surface area contributed by atoms with Gasteiger partial charge in [-0.25, -0.2) is 8.42 Å². The first-order chi connectivity index (χ1) is 15.4. The van der Waals surface area contributed by atoms with Gasteiger partial charge >= 0.3 is 0 Å². The van der Waals surface area contributed by atoms with Crippen molar-refractivity contribution in [2.24, 2.45) is 4.99 Å². The number of hydrogen-bond donors (Lipinski definition) is 0. The van der Waals surface area contributed by atoms with Crippen molar-refractivity contribution in [2.45, 2.75) is 31.2 Å². The van der Waals surface area contributed by atoms with Crippen LogP contribution >= 0.6 is 11.3 Å². The number of ether oxygens (including phenoxy) is 2. The number of carbonyl (C=O) groups excluding carboxylic acids is 1. The van der Waals surface area contributed by atoms with Crippen molar-refractivity contribution in [3.8, 4) is 11.5 Å². The van der Waals surface area contributed by atoms with Gasteiger partial charge in [0.15, 0.2) is 4.80 Å². The van der Waals surface area contributed by atoms with E-state index in [1.54, 1.807) is 20.3 Å². The molecule has 3 aromatic rings. The van der Waals surface area contributed by atoms with Crippen molar-refractivity contribution in [3.63, 3.8) is 0 Å². The van der Waals surface area contributed by atoms with E-state index in [1.807, 2.05) is 17.6 Å². The lowest BCUT2D eigenvalue weighted by Gasteiger charge is -2.15. The average Bonchev–Trinajstić information content (AvgIpc) is 3.46. The fourth-order valence-corrected chi connectivity index (χ4v) is 6.46. The number of aryl methyl sites for hydroxylation is 1. The lowest BCUT2D eigenvalue weighted by atomic mass is 10.2. The highest BCUT2D eigenvalue weighted by atomic mass is 32.2. The number of carbonyl (C=O) groups is 1. The average molecular weight is 476 g/mol. The molecule has 1 saturated heterocycles. The Balaban J connectivity index is 1.70. The number of sulfonamides is 1. The van der Waals surface area contributed by atoms with Crippen LogP contribution in [0.1, 0.15) is 30.1 Å². The monoisotopic (exact) mass is 475 g/mol. The second kappa shape index (κ2) is 9.05. The smallest absolute Gasteiger partial charge is 0.279 e. The molecule has 2 heterocycles. The minimum absolute atomic E-state index is 0.193. The van der Waals surface area contributed by atoms with E-state index >= 15 is 0 Å². The summed E-state index contributed by atoms with van der Waals surface area (Å²) in [5.74, 6) is 0.865. The van der Waals surface area contributed by atoms with Crippen molar-refractivity contribution in [3.05, 3.63) is 46.8 Å². The summed E-state index contributed by atoms with van der Waals surface area (Å²) in [5, 5.41) is 0. The van der Waals surface area contributed by atoms with Crippen LogP contribution < -0.4 is 14.3 Å². The summed E-state index contributed by atoms with van der Waals surface area (Å²) in [7, 11) is -0.342. The summed E-state index contributed by atoms with van der Waals surface area (Å²) in [6.07, 6.45) is 1.75. The van der Waals surface area contributed by atoms with Gasteiger partial charge in [-0.05, 0) is 50.1 Å². The van der Waals surface area contributed by atoms with E-state index in [1.165, 1.54) is 39.9 Å². The minimum Gasteiger partial charge on any atom is -0.497 e. The highest BCUT2D eigenvalue weighted by molar-refractivity contribution is 7.89. The molecule has 0 aliphatic carbocycles. The summed E-state index contributed by atoms with van der Waals surface area (Å²) >= 11 is 1.37. The van der Waals surface area contributed by atoms with Crippen LogP contribution in [-0.2, 0) is 16.6 Å². The zero-order valence-corrected chi connectivity index (χ0v) is 19.8. The third-order valence-corrected chi connectivity index (χ3v) is 8.43. The molecule has 0 saturated carbocycles. The van der Waals surface area contributed by atoms with Crippen LogP contribution in [0.3, 0.4) is 0 Å². The van der Waals surface area contributed by atoms with Crippen LogP contribution in [0.4, 0.5) is 0 Å². The summed E-state index contributed by atoms with van der Waals surface area (Å²) in [6, 6.07) is 9.67. The van der Waals surface area contributed by atoms with Gasteiger partial charge in [0, 0.05) is 31.3 Å². The molecule has 1 amide bonds. The molecule has 1 aliphatic heterocycles. The van der Waals surface area contributed by atoms with Crippen LogP contribution in [0, 0.1) is 0 Å². The van der Waals surface area contributed by atoms with Gasteiger partial charge in [0.1, 0.15) is 17.0 Å². The summed E-state index contributed by atoms with van der Waals surface area (Å²) in [4.78, 5) is 17.9. The van der Waals surface area contributed by atoms with E-state index in [4.69, 9.17) is 9.47 Å². The molecular formula is C22H25N3O5S2. The van der Waals surface area contributed by atoms with Gasteiger partial charge in [-0.15, -0.1) is 0 Å². The quantitative estimate of drug-likeness (QED) is 0.546. The predicted octanol–water partition coefficient (Wildman–Crippen LogP) is 3.27. The Kier molecular flexibility index (Phi) is 6.36. The van der Waals surface area contributed by atoms with E-state index < -0.39 is 15.9 Å². The Morgan fingerprint density at radius 1 is 1.09 bits per heavy atom. The van der Waals surface area contributed by atoms with Gasteiger partial charge in [-0.3, -0.25) is 4.79 Å². The van der Waals surface area contributed by atoms with Crippen LogP contribution in [0.5, 0.6) is 11.5 Å².